The molecule has 1 aliphatic rings. The maximum Gasteiger partial charge on any atom is 0.248 e. The van der Waals surface area contributed by atoms with Gasteiger partial charge in [-0.3, -0.25) is 4.79 Å². The Morgan fingerprint density at radius 1 is 1.06 bits per heavy atom. The number of hydrogen-bond acceptors (Lipinski definition) is 6. The molecule has 2 N–H and O–H groups in total. The second kappa shape index (κ2) is 10.1. The van der Waals surface area contributed by atoms with E-state index < -0.39 is 16.0 Å². The molecule has 0 saturated carbocycles. The summed E-state index contributed by atoms with van der Waals surface area (Å²) in [5.74, 6) is -0.410. The number of amides is 1. The zero-order valence-corrected chi connectivity index (χ0v) is 21.6. The quantitative estimate of drug-likeness (QED) is 0.321. The molecule has 0 aliphatic carbocycles. The second-order valence-corrected chi connectivity index (χ2v) is 10.8. The highest BCUT2D eigenvalue weighted by atomic mass is 32.2. The van der Waals surface area contributed by atoms with E-state index in [1.165, 1.54) is 22.7 Å². The van der Waals surface area contributed by atoms with Crippen LogP contribution in [-0.2, 0) is 17.2 Å². The van der Waals surface area contributed by atoms with Crippen LogP contribution in [0.1, 0.15) is 21.5 Å². The van der Waals surface area contributed by atoms with Crippen molar-refractivity contribution in [1.82, 2.24) is 0 Å². The summed E-state index contributed by atoms with van der Waals surface area (Å²) in [4.78, 5) is 14.8. The first-order valence-corrected chi connectivity index (χ1v) is 13.2. The van der Waals surface area contributed by atoms with E-state index in [0.29, 0.717) is 5.56 Å². The Morgan fingerprint density at radius 3 is 2.39 bits per heavy atom. The zero-order valence-electron chi connectivity index (χ0n) is 20.0. The van der Waals surface area contributed by atoms with Gasteiger partial charge in [-0.25, -0.2) is 13.0 Å². The van der Waals surface area contributed by atoms with E-state index in [0.717, 1.165) is 27.1 Å². The lowest BCUT2D eigenvalue weighted by Gasteiger charge is -2.13. The fourth-order valence-electron chi connectivity index (χ4n) is 3.80. The molecule has 1 aliphatic heterocycles. The minimum absolute atomic E-state index is 0.178. The summed E-state index contributed by atoms with van der Waals surface area (Å²) >= 11 is 1.75. The number of anilines is 1. The summed E-state index contributed by atoms with van der Waals surface area (Å²) in [6.45, 7) is 1.82. The Balaban J connectivity index is 0.000000233. The Labute approximate surface area is 214 Å². The SMILES string of the molecule is CN1/C(=C/c2cc[n+](C)c3ccc(C(N)=O)cc23)Sc2ccccc21.Cc1ccc(S(=O)(=O)[O-])cc1. The number of aromatic nitrogens is 1. The largest absolute Gasteiger partial charge is 0.744 e. The number of primary amides is 1. The molecule has 0 bridgehead atoms. The third-order valence-corrected chi connectivity index (χ3v) is 7.83. The van der Waals surface area contributed by atoms with Crippen LogP contribution in [0.3, 0.4) is 0 Å². The van der Waals surface area contributed by atoms with Gasteiger partial charge >= 0.3 is 0 Å². The van der Waals surface area contributed by atoms with Crippen molar-refractivity contribution in [1.29, 1.82) is 0 Å². The minimum Gasteiger partial charge on any atom is -0.744 e. The summed E-state index contributed by atoms with van der Waals surface area (Å²) in [5.41, 5.74) is 10.2. The third kappa shape index (κ3) is 5.43. The molecule has 0 unspecified atom stereocenters. The maximum atomic E-state index is 11.6. The number of carbonyl (C=O) groups excluding carboxylic acids is 1. The van der Waals surface area contributed by atoms with E-state index in [1.807, 2.05) is 36.9 Å². The van der Waals surface area contributed by atoms with Gasteiger partial charge in [-0.1, -0.05) is 41.6 Å². The van der Waals surface area contributed by atoms with E-state index in [4.69, 9.17) is 5.73 Å². The molecule has 3 aromatic carbocycles. The molecule has 5 rings (SSSR count). The van der Waals surface area contributed by atoms with Crippen molar-refractivity contribution < 1.29 is 22.3 Å². The topological polar surface area (TPSA) is 107 Å². The lowest BCUT2D eigenvalue weighted by Crippen LogP contribution is -2.28. The molecule has 36 heavy (non-hydrogen) atoms. The van der Waals surface area contributed by atoms with Crippen molar-refractivity contribution in [3.05, 3.63) is 101 Å². The Morgan fingerprint density at radius 2 is 1.75 bits per heavy atom. The number of nitrogens with two attached hydrogens (primary N) is 1. The summed E-state index contributed by atoms with van der Waals surface area (Å²) in [6.07, 6.45) is 4.20. The van der Waals surface area contributed by atoms with Crippen LogP contribution in [0.5, 0.6) is 0 Å². The fourth-order valence-corrected chi connectivity index (χ4v) is 5.37. The van der Waals surface area contributed by atoms with Gasteiger partial charge in [0.15, 0.2) is 6.20 Å². The van der Waals surface area contributed by atoms with Gasteiger partial charge in [0.25, 0.3) is 0 Å². The fraction of sp³-hybridized carbons (Fsp3) is 0.111. The Hall–Kier alpha value is -3.66. The molecule has 4 aromatic rings. The van der Waals surface area contributed by atoms with E-state index in [1.54, 1.807) is 30.0 Å². The highest BCUT2D eigenvalue weighted by Gasteiger charge is 2.22. The van der Waals surface area contributed by atoms with E-state index in [9.17, 15) is 17.8 Å². The van der Waals surface area contributed by atoms with Gasteiger partial charge in [-0.15, -0.1) is 0 Å². The lowest BCUT2D eigenvalue weighted by atomic mass is 10.1. The molecule has 0 spiro atoms. The molecule has 1 aromatic heterocycles. The Bertz CT molecular complexity index is 1600. The predicted molar refractivity (Wildman–Crippen MR) is 141 cm³/mol. The zero-order chi connectivity index (χ0) is 26.0. The summed E-state index contributed by atoms with van der Waals surface area (Å²) in [6, 6.07) is 21.8. The standard InChI is InChI=1S/C20H17N3OS.C7H8O3S/c1-22-10-9-13(15-11-14(20(21)24)7-8-16(15)22)12-19-23(2)17-5-3-4-6-18(17)25-19;1-6-2-4-7(5-3-6)11(8,9)10/h3-12H,1-2H3,(H-,21,24);2-5H,1H3,(H,8,9,10). The average molecular weight is 520 g/mol. The van der Waals surface area contributed by atoms with Crippen LogP contribution in [0, 0.1) is 6.92 Å². The van der Waals surface area contributed by atoms with Gasteiger partial charge in [-0.2, -0.15) is 0 Å². The van der Waals surface area contributed by atoms with Gasteiger partial charge in [0.2, 0.25) is 11.4 Å². The average Bonchev–Trinajstić information content (AvgIpc) is 3.16. The smallest absolute Gasteiger partial charge is 0.248 e. The number of aryl methyl sites for hydroxylation is 2. The number of hydrogen-bond donors (Lipinski definition) is 1. The van der Waals surface area contributed by atoms with Crippen molar-refractivity contribution in [3.8, 4) is 0 Å². The number of benzene rings is 3. The highest BCUT2D eigenvalue weighted by molar-refractivity contribution is 8.03. The first kappa shape index (κ1) is 25.4. The molecule has 0 saturated heterocycles. The number of pyridine rings is 1. The molecule has 7 nitrogen and oxygen atoms in total. The number of fused-ring (bicyclic) bond motifs is 2. The normalized spacial score (nSPS) is 13.9. The number of para-hydroxylation sites is 1. The lowest BCUT2D eigenvalue weighted by molar-refractivity contribution is -0.644. The molecule has 184 valence electrons. The number of thioether (sulfide) groups is 1. The van der Waals surface area contributed by atoms with E-state index in [-0.39, 0.29) is 4.90 Å². The third-order valence-electron chi connectivity index (χ3n) is 5.81. The maximum absolute atomic E-state index is 11.6. The summed E-state index contributed by atoms with van der Waals surface area (Å²) in [7, 11) is -0.200. The van der Waals surface area contributed by atoms with E-state index >= 15 is 0 Å². The molecule has 0 fully saturated rings. The van der Waals surface area contributed by atoms with Crippen LogP contribution in [-0.4, -0.2) is 25.9 Å². The molecular formula is C27H25N3O4S2. The molecule has 0 atom stereocenters. The van der Waals surface area contributed by atoms with Crippen molar-refractivity contribution in [2.45, 2.75) is 16.7 Å². The monoisotopic (exact) mass is 519 g/mol. The van der Waals surface area contributed by atoms with Gasteiger partial charge in [0.1, 0.15) is 17.2 Å². The van der Waals surface area contributed by atoms with Crippen molar-refractivity contribution >= 4 is 50.5 Å². The number of rotatable bonds is 3. The molecule has 2 heterocycles. The second-order valence-electron chi connectivity index (χ2n) is 8.36. The minimum atomic E-state index is -4.27. The first-order chi connectivity index (χ1) is 17.0. The number of carbonyl (C=O) groups is 1. The van der Waals surface area contributed by atoms with Gasteiger partial charge in [-0.05, 0) is 55.0 Å². The predicted octanol–water partition coefficient (Wildman–Crippen LogP) is 4.20. The molecule has 1 amide bonds. The number of nitrogens with zero attached hydrogens (tertiary/aromatic N) is 2. The van der Waals surface area contributed by atoms with Crippen LogP contribution >= 0.6 is 11.8 Å². The van der Waals surface area contributed by atoms with Gasteiger partial charge in [0.05, 0.1) is 21.0 Å². The van der Waals surface area contributed by atoms with Crippen LogP contribution in [0.2, 0.25) is 0 Å². The summed E-state index contributed by atoms with van der Waals surface area (Å²) < 4.78 is 33.2. The van der Waals surface area contributed by atoms with Crippen molar-refractivity contribution in [3.63, 3.8) is 0 Å². The molecular weight excluding hydrogens is 494 g/mol. The van der Waals surface area contributed by atoms with Crippen LogP contribution < -0.4 is 15.2 Å². The summed E-state index contributed by atoms with van der Waals surface area (Å²) in [5, 5.41) is 2.17. The first-order valence-electron chi connectivity index (χ1n) is 11.0. The van der Waals surface area contributed by atoms with Crippen molar-refractivity contribution in [2.24, 2.45) is 12.8 Å². The molecule has 0 radical (unpaired) electrons. The van der Waals surface area contributed by atoms with Crippen LogP contribution in [0.15, 0.2) is 93.8 Å². The van der Waals surface area contributed by atoms with Crippen LogP contribution in [0.4, 0.5) is 5.69 Å². The highest BCUT2D eigenvalue weighted by Crippen LogP contribution is 2.45. The van der Waals surface area contributed by atoms with E-state index in [2.05, 4.69) is 48.4 Å². The van der Waals surface area contributed by atoms with Crippen molar-refractivity contribution in [2.75, 3.05) is 11.9 Å². The molecule has 9 heteroatoms. The Kier molecular flexibility index (Phi) is 7.16. The van der Waals surface area contributed by atoms with Gasteiger partial charge < -0.3 is 15.2 Å². The van der Waals surface area contributed by atoms with Crippen LogP contribution in [0.25, 0.3) is 17.0 Å². The van der Waals surface area contributed by atoms with Gasteiger partial charge in [0, 0.05) is 29.6 Å².